The van der Waals surface area contributed by atoms with Crippen LogP contribution in [0.4, 0.5) is 8.78 Å². The molecule has 0 aliphatic heterocycles. The molecule has 1 unspecified atom stereocenters. The van der Waals surface area contributed by atoms with Crippen LogP contribution in [0.15, 0.2) is 48.5 Å². The van der Waals surface area contributed by atoms with E-state index >= 15 is 0 Å². The third kappa shape index (κ3) is 3.62. The average molecular weight is 277 g/mol. The van der Waals surface area contributed by atoms with Gasteiger partial charge in [-0.1, -0.05) is 36.4 Å². The normalized spacial score (nSPS) is 14.0. The standard InChI is InChI=1S/C16H17F2NO/c1-11(12-5-3-2-4-6-12)19-10-16(20)14-8-7-13(17)9-15(14)18/h2-9,11,16,19-20H,10H2,1H3/t11-,16?/m0/s1. The zero-order chi connectivity index (χ0) is 14.5. The van der Waals surface area contributed by atoms with Crippen LogP contribution >= 0.6 is 0 Å². The van der Waals surface area contributed by atoms with Gasteiger partial charge in [-0.15, -0.1) is 0 Å². The van der Waals surface area contributed by atoms with Gasteiger partial charge in [0.15, 0.2) is 0 Å². The second-order valence-corrected chi connectivity index (χ2v) is 4.72. The smallest absolute Gasteiger partial charge is 0.131 e. The van der Waals surface area contributed by atoms with Gasteiger partial charge in [0.25, 0.3) is 0 Å². The number of aliphatic hydroxyl groups is 1. The predicted molar refractivity (Wildman–Crippen MR) is 74.2 cm³/mol. The van der Waals surface area contributed by atoms with Crippen molar-refractivity contribution >= 4 is 0 Å². The molecule has 2 atom stereocenters. The van der Waals surface area contributed by atoms with Gasteiger partial charge in [0.1, 0.15) is 11.6 Å². The fourth-order valence-corrected chi connectivity index (χ4v) is 2.03. The molecular formula is C16H17F2NO. The van der Waals surface area contributed by atoms with Crippen LogP contribution in [0.1, 0.15) is 30.2 Å². The molecule has 0 saturated heterocycles. The lowest BCUT2D eigenvalue weighted by Gasteiger charge is -2.18. The number of rotatable bonds is 5. The molecule has 2 rings (SSSR count). The van der Waals surface area contributed by atoms with E-state index in [0.29, 0.717) is 0 Å². The second-order valence-electron chi connectivity index (χ2n) is 4.72. The van der Waals surface area contributed by atoms with Crippen molar-refractivity contribution in [1.29, 1.82) is 0 Å². The molecule has 0 heterocycles. The number of aliphatic hydroxyl groups excluding tert-OH is 1. The lowest BCUT2D eigenvalue weighted by molar-refractivity contribution is 0.166. The van der Waals surface area contributed by atoms with Gasteiger partial charge in [-0.2, -0.15) is 0 Å². The molecule has 2 N–H and O–H groups in total. The van der Waals surface area contributed by atoms with Gasteiger partial charge < -0.3 is 10.4 Å². The Morgan fingerprint density at radius 3 is 2.45 bits per heavy atom. The molecule has 2 aromatic rings. The number of halogens is 2. The molecule has 106 valence electrons. The Labute approximate surface area is 117 Å². The van der Waals surface area contributed by atoms with Crippen LogP contribution in [0.3, 0.4) is 0 Å². The lowest BCUT2D eigenvalue weighted by Crippen LogP contribution is -2.25. The van der Waals surface area contributed by atoms with Gasteiger partial charge in [-0.3, -0.25) is 0 Å². The minimum Gasteiger partial charge on any atom is -0.387 e. The van der Waals surface area contributed by atoms with Crippen molar-refractivity contribution in [3.05, 3.63) is 71.3 Å². The highest BCUT2D eigenvalue weighted by Gasteiger charge is 2.14. The third-order valence-corrected chi connectivity index (χ3v) is 3.24. The van der Waals surface area contributed by atoms with Crippen molar-refractivity contribution in [2.45, 2.75) is 19.1 Å². The molecule has 4 heteroatoms. The van der Waals surface area contributed by atoms with Crippen molar-refractivity contribution < 1.29 is 13.9 Å². The van der Waals surface area contributed by atoms with E-state index in [1.807, 2.05) is 37.3 Å². The van der Waals surface area contributed by atoms with Crippen molar-refractivity contribution in [1.82, 2.24) is 5.32 Å². The average Bonchev–Trinajstić information content (AvgIpc) is 2.45. The van der Waals surface area contributed by atoms with Gasteiger partial charge in [0, 0.05) is 24.2 Å². The van der Waals surface area contributed by atoms with Gasteiger partial charge in [-0.05, 0) is 18.6 Å². The molecule has 0 aliphatic carbocycles. The summed E-state index contributed by atoms with van der Waals surface area (Å²) >= 11 is 0. The molecule has 0 bridgehead atoms. The van der Waals surface area contributed by atoms with E-state index in [-0.39, 0.29) is 18.2 Å². The van der Waals surface area contributed by atoms with E-state index in [1.54, 1.807) is 0 Å². The fraction of sp³-hybridized carbons (Fsp3) is 0.250. The van der Waals surface area contributed by atoms with Crippen LogP contribution in [0.25, 0.3) is 0 Å². The van der Waals surface area contributed by atoms with Crippen LogP contribution in [0, 0.1) is 11.6 Å². The molecule has 2 aromatic carbocycles. The number of hydrogen-bond donors (Lipinski definition) is 2. The SMILES string of the molecule is C[C@H](NCC(O)c1ccc(F)cc1F)c1ccccc1. The summed E-state index contributed by atoms with van der Waals surface area (Å²) in [4.78, 5) is 0. The Hall–Kier alpha value is -1.78. The van der Waals surface area contributed by atoms with Crippen molar-refractivity contribution in [3.8, 4) is 0 Å². The van der Waals surface area contributed by atoms with Crippen molar-refractivity contribution in [3.63, 3.8) is 0 Å². The molecule has 0 aliphatic rings. The third-order valence-electron chi connectivity index (χ3n) is 3.24. The Balaban J connectivity index is 1.96. The highest BCUT2D eigenvalue weighted by molar-refractivity contribution is 5.22. The van der Waals surface area contributed by atoms with Crippen molar-refractivity contribution in [2.24, 2.45) is 0 Å². The summed E-state index contributed by atoms with van der Waals surface area (Å²) in [5, 5.41) is 13.1. The molecule has 0 amide bonds. The number of nitrogens with one attached hydrogen (secondary N) is 1. The van der Waals surface area contributed by atoms with E-state index in [9.17, 15) is 13.9 Å². The molecule has 20 heavy (non-hydrogen) atoms. The Morgan fingerprint density at radius 1 is 1.10 bits per heavy atom. The lowest BCUT2D eigenvalue weighted by atomic mass is 10.1. The number of hydrogen-bond acceptors (Lipinski definition) is 2. The maximum absolute atomic E-state index is 13.5. The van der Waals surface area contributed by atoms with E-state index in [4.69, 9.17) is 0 Å². The zero-order valence-corrected chi connectivity index (χ0v) is 11.2. The minimum atomic E-state index is -1.01. The molecule has 0 spiro atoms. The van der Waals surface area contributed by atoms with Gasteiger partial charge in [0.2, 0.25) is 0 Å². The van der Waals surface area contributed by atoms with E-state index in [2.05, 4.69) is 5.32 Å². The van der Waals surface area contributed by atoms with E-state index in [0.717, 1.165) is 17.7 Å². The van der Waals surface area contributed by atoms with Crippen LogP contribution in [0.5, 0.6) is 0 Å². The van der Waals surface area contributed by atoms with Crippen molar-refractivity contribution in [2.75, 3.05) is 6.54 Å². The first kappa shape index (κ1) is 14.6. The summed E-state index contributed by atoms with van der Waals surface area (Å²) < 4.78 is 26.3. The van der Waals surface area contributed by atoms with Crippen LogP contribution < -0.4 is 5.32 Å². The molecule has 0 fully saturated rings. The number of benzene rings is 2. The Morgan fingerprint density at radius 2 is 1.80 bits per heavy atom. The summed E-state index contributed by atoms with van der Waals surface area (Å²) in [6.07, 6.45) is -1.01. The van der Waals surface area contributed by atoms with E-state index < -0.39 is 17.7 Å². The van der Waals surface area contributed by atoms with Gasteiger partial charge >= 0.3 is 0 Å². The van der Waals surface area contributed by atoms with Gasteiger partial charge in [0.05, 0.1) is 6.10 Å². The zero-order valence-electron chi connectivity index (χ0n) is 11.2. The summed E-state index contributed by atoms with van der Waals surface area (Å²) in [6.45, 7) is 2.15. The Kier molecular flexibility index (Phi) is 4.82. The quantitative estimate of drug-likeness (QED) is 0.878. The fourth-order valence-electron chi connectivity index (χ4n) is 2.03. The first-order valence-corrected chi connectivity index (χ1v) is 6.49. The summed E-state index contributed by atoms with van der Waals surface area (Å²) in [7, 11) is 0. The largest absolute Gasteiger partial charge is 0.387 e. The minimum absolute atomic E-state index is 0.0364. The highest BCUT2D eigenvalue weighted by atomic mass is 19.1. The summed E-state index contributed by atoms with van der Waals surface area (Å²) in [5.41, 5.74) is 1.18. The molecular weight excluding hydrogens is 260 g/mol. The topological polar surface area (TPSA) is 32.3 Å². The van der Waals surface area contributed by atoms with Crippen LogP contribution in [-0.2, 0) is 0 Å². The monoisotopic (exact) mass is 277 g/mol. The second kappa shape index (κ2) is 6.59. The highest BCUT2D eigenvalue weighted by Crippen LogP contribution is 2.19. The molecule has 0 saturated carbocycles. The first-order valence-electron chi connectivity index (χ1n) is 6.49. The van der Waals surface area contributed by atoms with E-state index in [1.165, 1.54) is 6.07 Å². The molecule has 0 aromatic heterocycles. The summed E-state index contributed by atoms with van der Waals surface area (Å²) in [5.74, 6) is -1.38. The first-order chi connectivity index (χ1) is 9.58. The maximum atomic E-state index is 13.5. The van der Waals surface area contributed by atoms with Gasteiger partial charge in [-0.25, -0.2) is 8.78 Å². The molecule has 2 nitrogen and oxygen atoms in total. The van der Waals surface area contributed by atoms with Crippen LogP contribution in [-0.4, -0.2) is 11.7 Å². The Bertz CT molecular complexity index is 560. The molecule has 0 radical (unpaired) electrons. The van der Waals surface area contributed by atoms with Crippen LogP contribution in [0.2, 0.25) is 0 Å². The summed E-state index contributed by atoms with van der Waals surface area (Å²) in [6, 6.07) is 13.0. The maximum Gasteiger partial charge on any atom is 0.131 e. The predicted octanol–water partition coefficient (Wildman–Crippen LogP) is 3.35.